The molecule has 0 saturated carbocycles. The molecule has 1 aromatic carbocycles. The van der Waals surface area contributed by atoms with Gasteiger partial charge in [-0.3, -0.25) is 0 Å². The Balaban J connectivity index is 2.76. The maximum atomic E-state index is 6.09. The van der Waals surface area contributed by atoms with E-state index in [-0.39, 0.29) is 0 Å². The molecule has 1 heterocycles. The third-order valence-electron chi connectivity index (χ3n) is 1.72. The molecule has 0 spiro atoms. The normalized spacial score (nSPS) is 11.0. The summed E-state index contributed by atoms with van der Waals surface area (Å²) in [5.74, 6) is 0.902. The lowest BCUT2D eigenvalue weighted by molar-refractivity contribution is 1.15. The summed E-state index contributed by atoms with van der Waals surface area (Å²) >= 11 is 11.6. The molecule has 0 amide bonds. The van der Waals surface area contributed by atoms with Gasteiger partial charge in [-0.25, -0.2) is 4.98 Å². The Morgan fingerprint density at radius 3 is 3.00 bits per heavy atom. The summed E-state index contributed by atoms with van der Waals surface area (Å²) in [4.78, 5) is 7.52. The highest BCUT2D eigenvalue weighted by atomic mass is 127. The molecule has 0 aliphatic carbocycles. The lowest BCUT2D eigenvalue weighted by atomic mass is 10.3. The van der Waals surface area contributed by atoms with Gasteiger partial charge in [-0.1, -0.05) is 27.5 Å². The zero-order chi connectivity index (χ0) is 9.42. The number of H-pyrrole nitrogens is 1. The third-order valence-corrected chi connectivity index (χ3v) is 3.85. The number of imidazole rings is 1. The summed E-state index contributed by atoms with van der Waals surface area (Å²) in [6.07, 6.45) is 0. The van der Waals surface area contributed by atoms with Crippen LogP contribution in [0.4, 0.5) is 0 Å². The van der Waals surface area contributed by atoms with E-state index in [1.807, 2.05) is 12.1 Å². The van der Waals surface area contributed by atoms with Crippen molar-refractivity contribution in [1.82, 2.24) is 9.97 Å². The van der Waals surface area contributed by atoms with Crippen LogP contribution in [-0.2, 0) is 5.33 Å². The quantitative estimate of drug-likeness (QED) is 0.601. The Morgan fingerprint density at radius 1 is 1.54 bits per heavy atom. The maximum absolute atomic E-state index is 6.09. The predicted molar refractivity (Wildman–Crippen MR) is 66.5 cm³/mol. The van der Waals surface area contributed by atoms with E-state index in [0.29, 0.717) is 5.33 Å². The first-order chi connectivity index (χ1) is 6.22. The second kappa shape index (κ2) is 3.74. The molecule has 0 aliphatic heterocycles. The molecular formula is C8H5BrClIN2. The number of alkyl halides is 1. The fraction of sp³-hybridized carbons (Fsp3) is 0.125. The Labute approximate surface area is 102 Å². The SMILES string of the molecule is Clc1c(I)ccc2[nH]c(CBr)nc12. The van der Waals surface area contributed by atoms with E-state index in [4.69, 9.17) is 11.6 Å². The van der Waals surface area contributed by atoms with Gasteiger partial charge in [0, 0.05) is 3.57 Å². The minimum Gasteiger partial charge on any atom is -0.341 e. The minimum absolute atomic E-state index is 0.717. The Kier molecular flexibility index (Phi) is 2.80. The maximum Gasteiger partial charge on any atom is 0.117 e. The van der Waals surface area contributed by atoms with Crippen molar-refractivity contribution in [3.05, 3.63) is 26.5 Å². The van der Waals surface area contributed by atoms with Crippen molar-refractivity contribution in [2.45, 2.75) is 5.33 Å². The first kappa shape index (κ1) is 9.73. The number of fused-ring (bicyclic) bond motifs is 1. The monoisotopic (exact) mass is 370 g/mol. The number of nitrogens with zero attached hydrogens (tertiary/aromatic N) is 1. The van der Waals surface area contributed by atoms with Crippen molar-refractivity contribution in [2.24, 2.45) is 0 Å². The molecule has 0 radical (unpaired) electrons. The van der Waals surface area contributed by atoms with Crippen LogP contribution in [0.1, 0.15) is 5.82 Å². The largest absolute Gasteiger partial charge is 0.341 e. The molecule has 0 fully saturated rings. The number of benzene rings is 1. The van der Waals surface area contributed by atoms with Gasteiger partial charge in [0.1, 0.15) is 11.3 Å². The van der Waals surface area contributed by atoms with Gasteiger partial charge in [0.25, 0.3) is 0 Å². The van der Waals surface area contributed by atoms with Crippen LogP contribution >= 0.6 is 50.1 Å². The van der Waals surface area contributed by atoms with Crippen LogP contribution < -0.4 is 0 Å². The predicted octanol–water partition coefficient (Wildman–Crippen LogP) is 3.72. The molecule has 68 valence electrons. The highest BCUT2D eigenvalue weighted by Gasteiger charge is 2.07. The van der Waals surface area contributed by atoms with Gasteiger partial charge in [0.15, 0.2) is 0 Å². The van der Waals surface area contributed by atoms with Gasteiger partial charge in [0.2, 0.25) is 0 Å². The molecule has 1 aromatic heterocycles. The van der Waals surface area contributed by atoms with Gasteiger partial charge in [-0.05, 0) is 34.7 Å². The van der Waals surface area contributed by atoms with E-state index >= 15 is 0 Å². The van der Waals surface area contributed by atoms with E-state index in [1.165, 1.54) is 0 Å². The van der Waals surface area contributed by atoms with Crippen molar-refractivity contribution >= 4 is 61.2 Å². The topological polar surface area (TPSA) is 28.7 Å². The average Bonchev–Trinajstić information content (AvgIpc) is 2.55. The minimum atomic E-state index is 0.717. The fourth-order valence-electron chi connectivity index (χ4n) is 1.13. The lowest BCUT2D eigenvalue weighted by Gasteiger charge is -1.94. The summed E-state index contributed by atoms with van der Waals surface area (Å²) in [6, 6.07) is 3.96. The number of rotatable bonds is 1. The number of aromatic amines is 1. The van der Waals surface area contributed by atoms with Crippen LogP contribution in [0.15, 0.2) is 12.1 Å². The number of halogens is 3. The van der Waals surface area contributed by atoms with Crippen molar-refractivity contribution in [3.63, 3.8) is 0 Å². The summed E-state index contributed by atoms with van der Waals surface area (Å²) in [6.45, 7) is 0. The zero-order valence-electron chi connectivity index (χ0n) is 6.44. The second-order valence-electron chi connectivity index (χ2n) is 2.57. The van der Waals surface area contributed by atoms with Crippen LogP contribution in [-0.4, -0.2) is 9.97 Å². The van der Waals surface area contributed by atoms with E-state index in [9.17, 15) is 0 Å². The molecule has 5 heteroatoms. The lowest BCUT2D eigenvalue weighted by Crippen LogP contribution is -1.77. The van der Waals surface area contributed by atoms with Gasteiger partial charge < -0.3 is 4.98 Å². The molecule has 0 unspecified atom stereocenters. The molecule has 1 N–H and O–H groups in total. The molecule has 13 heavy (non-hydrogen) atoms. The standard InChI is InChI=1S/C8H5BrClIN2/c9-3-6-12-5-2-1-4(11)7(10)8(5)13-6/h1-2H,3H2,(H,12,13). The van der Waals surface area contributed by atoms with Crippen LogP contribution in [0.3, 0.4) is 0 Å². The van der Waals surface area contributed by atoms with Crippen LogP contribution in [0.25, 0.3) is 11.0 Å². The Morgan fingerprint density at radius 2 is 2.31 bits per heavy atom. The Bertz CT molecular complexity index is 455. The van der Waals surface area contributed by atoms with E-state index in [2.05, 4.69) is 48.5 Å². The van der Waals surface area contributed by atoms with Gasteiger partial charge in [0.05, 0.1) is 15.9 Å². The molecule has 2 aromatic rings. The summed E-state index contributed by atoms with van der Waals surface area (Å²) in [7, 11) is 0. The number of hydrogen-bond donors (Lipinski definition) is 1. The van der Waals surface area contributed by atoms with E-state index < -0.39 is 0 Å². The summed E-state index contributed by atoms with van der Waals surface area (Å²) < 4.78 is 1.03. The molecule has 2 nitrogen and oxygen atoms in total. The number of nitrogens with one attached hydrogen (secondary N) is 1. The van der Waals surface area contributed by atoms with E-state index in [1.54, 1.807) is 0 Å². The zero-order valence-corrected chi connectivity index (χ0v) is 10.9. The van der Waals surface area contributed by atoms with Crippen LogP contribution in [0.5, 0.6) is 0 Å². The second-order valence-corrected chi connectivity index (χ2v) is 4.68. The highest BCUT2D eigenvalue weighted by molar-refractivity contribution is 14.1. The van der Waals surface area contributed by atoms with Crippen LogP contribution in [0, 0.1) is 3.57 Å². The first-order valence-electron chi connectivity index (χ1n) is 3.61. The third kappa shape index (κ3) is 1.71. The number of hydrogen-bond acceptors (Lipinski definition) is 1. The van der Waals surface area contributed by atoms with Crippen molar-refractivity contribution in [2.75, 3.05) is 0 Å². The molecule has 0 bridgehead atoms. The number of aromatic nitrogens is 2. The van der Waals surface area contributed by atoms with Gasteiger partial charge in [-0.15, -0.1) is 0 Å². The molecule has 0 saturated heterocycles. The van der Waals surface area contributed by atoms with E-state index in [0.717, 1.165) is 25.5 Å². The average molecular weight is 371 g/mol. The van der Waals surface area contributed by atoms with Crippen molar-refractivity contribution in [3.8, 4) is 0 Å². The highest BCUT2D eigenvalue weighted by Crippen LogP contribution is 2.26. The molecule has 2 rings (SSSR count). The molecule has 0 atom stereocenters. The summed E-state index contributed by atoms with van der Waals surface area (Å²) in [5, 5.41) is 1.44. The van der Waals surface area contributed by atoms with Gasteiger partial charge in [-0.2, -0.15) is 0 Å². The Hall–Kier alpha value is 0.190. The van der Waals surface area contributed by atoms with Crippen LogP contribution in [0.2, 0.25) is 5.02 Å². The van der Waals surface area contributed by atoms with Crippen molar-refractivity contribution < 1.29 is 0 Å². The van der Waals surface area contributed by atoms with Crippen molar-refractivity contribution in [1.29, 1.82) is 0 Å². The first-order valence-corrected chi connectivity index (χ1v) is 6.18. The smallest absolute Gasteiger partial charge is 0.117 e. The fourth-order valence-corrected chi connectivity index (χ4v) is 2.04. The summed E-state index contributed by atoms with van der Waals surface area (Å²) in [5.41, 5.74) is 1.84. The van der Waals surface area contributed by atoms with Gasteiger partial charge >= 0.3 is 0 Å². The molecular weight excluding hydrogens is 366 g/mol. The molecule has 0 aliphatic rings.